The van der Waals surface area contributed by atoms with E-state index in [2.05, 4.69) is 0 Å². The van der Waals surface area contributed by atoms with Gasteiger partial charge in [0.2, 0.25) is 0 Å². The van der Waals surface area contributed by atoms with E-state index in [0.29, 0.717) is 19.3 Å². The normalized spacial score (nSPS) is 43.9. The van der Waals surface area contributed by atoms with Crippen molar-refractivity contribution in [2.75, 3.05) is 0 Å². The number of carbonyl (C=O) groups is 2. The molecule has 0 spiro atoms. The van der Waals surface area contributed by atoms with Crippen molar-refractivity contribution in [2.45, 2.75) is 51.0 Å². The van der Waals surface area contributed by atoms with Crippen LogP contribution in [0, 0.1) is 11.3 Å². The molecule has 0 unspecified atom stereocenters. The van der Waals surface area contributed by atoms with Crippen LogP contribution in [0.5, 0.6) is 0 Å². The molecule has 0 radical (unpaired) electrons. The Labute approximate surface area is 94.7 Å². The molecule has 0 saturated heterocycles. The van der Waals surface area contributed by atoms with Crippen LogP contribution in [-0.4, -0.2) is 27.6 Å². The number of carbonyl (C=O) groups excluding carboxylic acids is 1. The molecular weight excluding hydrogens is 208 g/mol. The number of Topliss-reactive ketones (excluding diaryl/α,β-unsaturated/α-hetero) is 1. The molecule has 90 valence electrons. The molecule has 0 aliphatic heterocycles. The molecule has 0 aromatic heterocycles. The third kappa shape index (κ3) is 1.47. The Kier molecular flexibility index (Phi) is 2.57. The van der Waals surface area contributed by atoms with Crippen molar-refractivity contribution >= 4 is 11.8 Å². The number of hydrogen-bond acceptors (Lipinski definition) is 3. The molecule has 0 heterocycles. The van der Waals surface area contributed by atoms with Crippen LogP contribution in [0.15, 0.2) is 0 Å². The zero-order valence-electron chi connectivity index (χ0n) is 9.53. The number of hydrogen-bond donors (Lipinski definition) is 2. The quantitative estimate of drug-likeness (QED) is 0.708. The fourth-order valence-electron chi connectivity index (χ4n) is 3.24. The van der Waals surface area contributed by atoms with E-state index in [1.54, 1.807) is 0 Å². The molecule has 2 aliphatic carbocycles. The molecule has 0 amide bonds. The minimum atomic E-state index is -1.40. The van der Waals surface area contributed by atoms with E-state index in [1.165, 1.54) is 0 Å². The average molecular weight is 226 g/mol. The Balaban J connectivity index is 2.29. The molecule has 0 aromatic carbocycles. The highest BCUT2D eigenvalue weighted by atomic mass is 16.4. The Hall–Kier alpha value is -0.900. The highest BCUT2D eigenvalue weighted by Gasteiger charge is 2.57. The first kappa shape index (κ1) is 11.6. The predicted octanol–water partition coefficient (Wildman–Crippen LogP) is 1.36. The third-order valence-corrected chi connectivity index (χ3v) is 4.53. The summed E-state index contributed by atoms with van der Waals surface area (Å²) in [6.45, 7) is 1.92. The van der Waals surface area contributed by atoms with E-state index in [9.17, 15) is 14.7 Å². The topological polar surface area (TPSA) is 74.6 Å². The molecule has 2 rings (SSSR count). The van der Waals surface area contributed by atoms with Crippen molar-refractivity contribution in [1.29, 1.82) is 0 Å². The molecule has 16 heavy (non-hydrogen) atoms. The molecule has 2 aliphatic rings. The van der Waals surface area contributed by atoms with Crippen LogP contribution in [0.3, 0.4) is 0 Å². The number of aliphatic hydroxyl groups is 1. The molecule has 2 fully saturated rings. The third-order valence-electron chi connectivity index (χ3n) is 4.53. The lowest BCUT2D eigenvalue weighted by molar-refractivity contribution is -0.178. The maximum atomic E-state index is 11.9. The minimum Gasteiger partial charge on any atom is -0.481 e. The van der Waals surface area contributed by atoms with Crippen molar-refractivity contribution in [3.8, 4) is 0 Å². The number of carboxylic acid groups (broad SMARTS) is 1. The first-order valence-corrected chi connectivity index (χ1v) is 5.87. The zero-order valence-corrected chi connectivity index (χ0v) is 9.53. The van der Waals surface area contributed by atoms with E-state index in [4.69, 9.17) is 5.11 Å². The Bertz CT molecular complexity index is 338. The van der Waals surface area contributed by atoms with E-state index in [1.807, 2.05) is 6.92 Å². The van der Waals surface area contributed by atoms with Crippen LogP contribution in [-0.2, 0) is 9.59 Å². The number of rotatable bonds is 1. The van der Waals surface area contributed by atoms with Gasteiger partial charge in [0, 0.05) is 11.8 Å². The Morgan fingerprint density at radius 1 is 1.44 bits per heavy atom. The van der Waals surface area contributed by atoms with Crippen LogP contribution in [0.1, 0.15) is 45.4 Å². The van der Waals surface area contributed by atoms with Gasteiger partial charge in [0.15, 0.2) is 5.78 Å². The van der Waals surface area contributed by atoms with Crippen molar-refractivity contribution < 1.29 is 19.8 Å². The summed E-state index contributed by atoms with van der Waals surface area (Å²) in [4.78, 5) is 22.8. The summed E-state index contributed by atoms with van der Waals surface area (Å²) in [5, 5.41) is 19.5. The lowest BCUT2D eigenvalue weighted by Crippen LogP contribution is -2.59. The average Bonchev–Trinajstić information content (AvgIpc) is 2.20. The molecule has 3 atom stereocenters. The van der Waals surface area contributed by atoms with Gasteiger partial charge in [0.1, 0.15) is 5.60 Å². The highest BCUT2D eigenvalue weighted by Crippen LogP contribution is 2.52. The molecule has 0 aromatic rings. The van der Waals surface area contributed by atoms with Crippen molar-refractivity contribution in [3.05, 3.63) is 0 Å². The lowest BCUT2D eigenvalue weighted by Gasteiger charge is -2.51. The lowest BCUT2D eigenvalue weighted by atomic mass is 9.55. The summed E-state index contributed by atoms with van der Waals surface area (Å²) in [7, 11) is 0. The molecule has 4 nitrogen and oxygen atoms in total. The van der Waals surface area contributed by atoms with Crippen molar-refractivity contribution in [2.24, 2.45) is 11.3 Å². The summed E-state index contributed by atoms with van der Waals surface area (Å²) < 4.78 is 0. The van der Waals surface area contributed by atoms with Gasteiger partial charge in [-0.3, -0.25) is 9.59 Å². The summed E-state index contributed by atoms with van der Waals surface area (Å²) >= 11 is 0. The van der Waals surface area contributed by atoms with Crippen LogP contribution in [0.4, 0.5) is 0 Å². The number of aliphatic carboxylic acids is 1. The second-order valence-electron chi connectivity index (χ2n) is 5.48. The second kappa shape index (κ2) is 3.55. The monoisotopic (exact) mass is 226 g/mol. The van der Waals surface area contributed by atoms with E-state index >= 15 is 0 Å². The fourth-order valence-corrected chi connectivity index (χ4v) is 3.24. The standard InChI is InChI=1S/C12H18O4/c1-11-5-2-3-9(13)12(11,16)7-8(4-6-11)10(14)15/h8,16H,2-7H2,1H3,(H,14,15)/t8-,11-,12+/m1/s1. The van der Waals surface area contributed by atoms with Gasteiger partial charge in [-0.05, 0) is 32.1 Å². The second-order valence-corrected chi connectivity index (χ2v) is 5.48. The smallest absolute Gasteiger partial charge is 0.306 e. The van der Waals surface area contributed by atoms with Crippen molar-refractivity contribution in [3.63, 3.8) is 0 Å². The maximum Gasteiger partial charge on any atom is 0.306 e. The van der Waals surface area contributed by atoms with Gasteiger partial charge in [-0.15, -0.1) is 0 Å². The SMILES string of the molecule is C[C@]12CCCC(=O)[C@@]1(O)C[C@H](C(=O)O)CC2. The van der Waals surface area contributed by atoms with Gasteiger partial charge in [0.05, 0.1) is 5.92 Å². The van der Waals surface area contributed by atoms with Gasteiger partial charge < -0.3 is 10.2 Å². The summed E-state index contributed by atoms with van der Waals surface area (Å²) in [5.41, 5.74) is -1.80. The first-order valence-electron chi connectivity index (χ1n) is 5.87. The summed E-state index contributed by atoms with van der Waals surface area (Å²) in [5.74, 6) is -1.62. The number of carboxylic acids is 1. The Morgan fingerprint density at radius 3 is 2.75 bits per heavy atom. The van der Waals surface area contributed by atoms with E-state index in [0.717, 1.165) is 12.8 Å². The van der Waals surface area contributed by atoms with Gasteiger partial charge >= 0.3 is 5.97 Å². The summed E-state index contributed by atoms with van der Waals surface area (Å²) in [6.07, 6.45) is 3.32. The Morgan fingerprint density at radius 2 is 2.12 bits per heavy atom. The van der Waals surface area contributed by atoms with Gasteiger partial charge in [-0.1, -0.05) is 6.92 Å². The maximum absolute atomic E-state index is 11.9. The largest absolute Gasteiger partial charge is 0.481 e. The number of fused-ring (bicyclic) bond motifs is 1. The fraction of sp³-hybridized carbons (Fsp3) is 0.833. The van der Waals surface area contributed by atoms with E-state index in [-0.39, 0.29) is 12.2 Å². The molecule has 2 saturated carbocycles. The minimum absolute atomic E-state index is 0.0949. The van der Waals surface area contributed by atoms with Crippen molar-refractivity contribution in [1.82, 2.24) is 0 Å². The first-order chi connectivity index (χ1) is 7.39. The molecule has 4 heteroatoms. The van der Waals surface area contributed by atoms with Crippen LogP contribution in [0.2, 0.25) is 0 Å². The summed E-state index contributed by atoms with van der Waals surface area (Å²) in [6, 6.07) is 0. The molecular formula is C12H18O4. The highest BCUT2D eigenvalue weighted by molar-refractivity contribution is 5.89. The van der Waals surface area contributed by atoms with Crippen LogP contribution < -0.4 is 0 Å². The number of ketones is 1. The van der Waals surface area contributed by atoms with Gasteiger partial charge in [-0.25, -0.2) is 0 Å². The molecule has 0 bridgehead atoms. The molecule has 2 N–H and O–H groups in total. The van der Waals surface area contributed by atoms with Gasteiger partial charge in [0.25, 0.3) is 0 Å². The predicted molar refractivity (Wildman–Crippen MR) is 56.9 cm³/mol. The van der Waals surface area contributed by atoms with E-state index < -0.39 is 22.9 Å². The van der Waals surface area contributed by atoms with Gasteiger partial charge in [-0.2, -0.15) is 0 Å². The zero-order chi connectivity index (χ0) is 12.0. The van der Waals surface area contributed by atoms with Crippen LogP contribution >= 0.6 is 0 Å². The van der Waals surface area contributed by atoms with Crippen LogP contribution in [0.25, 0.3) is 0 Å².